The third kappa shape index (κ3) is 1.98. The Morgan fingerprint density at radius 3 is 2.57 bits per heavy atom. The zero-order valence-corrected chi connectivity index (χ0v) is 9.89. The third-order valence-corrected chi connectivity index (χ3v) is 2.62. The molecule has 0 saturated heterocycles. The maximum atomic E-state index is 5.85. The van der Waals surface area contributed by atoms with Crippen molar-refractivity contribution in [2.75, 3.05) is 0 Å². The normalized spacial score (nSPS) is 18.1. The fourth-order valence-corrected chi connectivity index (χ4v) is 1.66. The molecule has 0 bridgehead atoms. The van der Waals surface area contributed by atoms with Gasteiger partial charge in [0.1, 0.15) is 0 Å². The number of aliphatic imine (C=N–C) groups is 1. The topological polar surface area (TPSA) is 12.4 Å². The first kappa shape index (κ1) is 11.3. The minimum Gasteiger partial charge on any atom is -0.257 e. The standard InChI is InChI=1S/C10H10ClN.C2H6/c1-6-7(2)12-10-5-8(11)3-4-9(6)10;1-2/h3-6H,1-2H3;1-2H3. The van der Waals surface area contributed by atoms with Crippen molar-refractivity contribution in [1.29, 1.82) is 0 Å². The molecule has 0 N–H and O–H groups in total. The highest BCUT2D eigenvalue weighted by atomic mass is 35.5. The molecule has 1 unspecified atom stereocenters. The molecule has 1 aliphatic heterocycles. The average Bonchev–Trinajstić information content (AvgIpc) is 2.45. The highest BCUT2D eigenvalue weighted by Crippen LogP contribution is 2.36. The molecule has 0 spiro atoms. The van der Waals surface area contributed by atoms with Crippen molar-refractivity contribution in [3.63, 3.8) is 0 Å². The Morgan fingerprint density at radius 1 is 1.29 bits per heavy atom. The van der Waals surface area contributed by atoms with Gasteiger partial charge in [-0.2, -0.15) is 0 Å². The zero-order valence-electron chi connectivity index (χ0n) is 9.13. The Balaban J connectivity index is 0.000000461. The molecule has 0 saturated carbocycles. The molecule has 0 fully saturated rings. The van der Waals surface area contributed by atoms with E-state index in [9.17, 15) is 0 Å². The van der Waals surface area contributed by atoms with Crippen molar-refractivity contribution < 1.29 is 0 Å². The van der Waals surface area contributed by atoms with Gasteiger partial charge in [0.2, 0.25) is 0 Å². The lowest BCUT2D eigenvalue weighted by Crippen LogP contribution is -1.97. The van der Waals surface area contributed by atoms with Crippen molar-refractivity contribution in [1.82, 2.24) is 0 Å². The van der Waals surface area contributed by atoms with Crippen LogP contribution in [0.2, 0.25) is 5.02 Å². The monoisotopic (exact) mass is 209 g/mol. The van der Waals surface area contributed by atoms with Crippen molar-refractivity contribution >= 4 is 23.0 Å². The van der Waals surface area contributed by atoms with Crippen LogP contribution in [0.25, 0.3) is 0 Å². The highest BCUT2D eigenvalue weighted by Gasteiger charge is 2.19. The van der Waals surface area contributed by atoms with Crippen LogP contribution in [0, 0.1) is 0 Å². The minimum absolute atomic E-state index is 0.456. The van der Waals surface area contributed by atoms with E-state index in [2.05, 4.69) is 24.9 Å². The Morgan fingerprint density at radius 2 is 1.93 bits per heavy atom. The van der Waals surface area contributed by atoms with Gasteiger partial charge in [-0.3, -0.25) is 4.99 Å². The third-order valence-electron chi connectivity index (χ3n) is 2.38. The average molecular weight is 210 g/mol. The molecule has 76 valence electrons. The van der Waals surface area contributed by atoms with Crippen LogP contribution in [0.5, 0.6) is 0 Å². The fraction of sp³-hybridized carbons (Fsp3) is 0.417. The van der Waals surface area contributed by atoms with E-state index in [1.165, 1.54) is 11.3 Å². The van der Waals surface area contributed by atoms with E-state index in [-0.39, 0.29) is 0 Å². The summed E-state index contributed by atoms with van der Waals surface area (Å²) in [5, 5.41) is 0.763. The summed E-state index contributed by atoms with van der Waals surface area (Å²) in [6.07, 6.45) is 0. The van der Waals surface area contributed by atoms with Crippen LogP contribution in [0.4, 0.5) is 5.69 Å². The molecular weight excluding hydrogens is 194 g/mol. The summed E-state index contributed by atoms with van der Waals surface area (Å²) in [6.45, 7) is 8.22. The predicted molar refractivity (Wildman–Crippen MR) is 64.0 cm³/mol. The van der Waals surface area contributed by atoms with Crippen LogP contribution in [0.15, 0.2) is 23.2 Å². The summed E-state index contributed by atoms with van der Waals surface area (Å²) in [5.41, 5.74) is 3.50. The SMILES string of the molecule is CC.CC1=Nc2cc(Cl)ccc2C1C. The quantitative estimate of drug-likeness (QED) is 0.593. The molecule has 0 amide bonds. The van der Waals surface area contributed by atoms with Gasteiger partial charge in [0.05, 0.1) is 5.69 Å². The molecule has 1 aliphatic rings. The molecular formula is C12H16ClN. The zero-order chi connectivity index (χ0) is 10.7. The first-order valence-corrected chi connectivity index (χ1v) is 5.41. The summed E-state index contributed by atoms with van der Waals surface area (Å²) in [7, 11) is 0. The van der Waals surface area contributed by atoms with E-state index in [1.807, 2.05) is 26.0 Å². The van der Waals surface area contributed by atoms with Gasteiger partial charge in [-0.15, -0.1) is 0 Å². The lowest BCUT2D eigenvalue weighted by atomic mass is 9.99. The Bertz CT molecular complexity index is 355. The summed E-state index contributed by atoms with van der Waals surface area (Å²) < 4.78 is 0. The lowest BCUT2D eigenvalue weighted by molar-refractivity contribution is 1.05. The number of hydrogen-bond donors (Lipinski definition) is 0. The van der Waals surface area contributed by atoms with Crippen LogP contribution in [0.1, 0.15) is 39.2 Å². The molecule has 1 aromatic carbocycles. The summed E-state index contributed by atoms with van der Waals surface area (Å²) in [4.78, 5) is 4.43. The predicted octanol–water partition coefficient (Wildman–Crippen LogP) is 4.58. The Labute approximate surface area is 90.8 Å². The number of fused-ring (bicyclic) bond motifs is 1. The molecule has 2 rings (SSSR count). The molecule has 0 aliphatic carbocycles. The number of hydrogen-bond acceptors (Lipinski definition) is 1. The number of halogens is 1. The maximum absolute atomic E-state index is 5.85. The van der Waals surface area contributed by atoms with Gasteiger partial charge in [0.25, 0.3) is 0 Å². The minimum atomic E-state index is 0.456. The van der Waals surface area contributed by atoms with Gasteiger partial charge in [0, 0.05) is 16.7 Å². The van der Waals surface area contributed by atoms with E-state index in [1.54, 1.807) is 0 Å². The van der Waals surface area contributed by atoms with Crippen molar-refractivity contribution in [2.24, 2.45) is 4.99 Å². The summed E-state index contributed by atoms with van der Waals surface area (Å²) >= 11 is 5.85. The molecule has 0 aromatic heterocycles. The van der Waals surface area contributed by atoms with E-state index < -0.39 is 0 Å². The van der Waals surface area contributed by atoms with Crippen molar-refractivity contribution in [3.8, 4) is 0 Å². The first-order valence-electron chi connectivity index (χ1n) is 5.03. The van der Waals surface area contributed by atoms with Gasteiger partial charge in [-0.05, 0) is 24.6 Å². The molecule has 2 heteroatoms. The number of rotatable bonds is 0. The molecule has 1 heterocycles. The number of benzene rings is 1. The second-order valence-corrected chi connectivity index (χ2v) is 3.61. The van der Waals surface area contributed by atoms with E-state index in [0.717, 1.165) is 10.7 Å². The van der Waals surface area contributed by atoms with E-state index >= 15 is 0 Å². The largest absolute Gasteiger partial charge is 0.257 e. The van der Waals surface area contributed by atoms with Crippen LogP contribution >= 0.6 is 11.6 Å². The maximum Gasteiger partial charge on any atom is 0.0682 e. The van der Waals surface area contributed by atoms with E-state index in [4.69, 9.17) is 11.6 Å². The van der Waals surface area contributed by atoms with Gasteiger partial charge in [-0.1, -0.05) is 38.4 Å². The summed E-state index contributed by atoms with van der Waals surface area (Å²) in [5.74, 6) is 0.456. The van der Waals surface area contributed by atoms with Gasteiger partial charge >= 0.3 is 0 Å². The highest BCUT2D eigenvalue weighted by molar-refractivity contribution is 6.31. The molecule has 1 atom stereocenters. The molecule has 1 aromatic rings. The van der Waals surface area contributed by atoms with E-state index in [0.29, 0.717) is 5.92 Å². The number of nitrogens with zero attached hydrogens (tertiary/aromatic N) is 1. The van der Waals surface area contributed by atoms with Crippen molar-refractivity contribution in [2.45, 2.75) is 33.6 Å². The van der Waals surface area contributed by atoms with Crippen LogP contribution in [0.3, 0.4) is 0 Å². The van der Waals surface area contributed by atoms with Crippen LogP contribution in [-0.2, 0) is 0 Å². The van der Waals surface area contributed by atoms with Gasteiger partial charge in [0.15, 0.2) is 0 Å². The first-order chi connectivity index (χ1) is 6.68. The Kier molecular flexibility index (Phi) is 3.70. The Hall–Kier alpha value is -0.820. The van der Waals surface area contributed by atoms with Crippen molar-refractivity contribution in [3.05, 3.63) is 28.8 Å². The van der Waals surface area contributed by atoms with Crippen LogP contribution in [-0.4, -0.2) is 5.71 Å². The molecule has 14 heavy (non-hydrogen) atoms. The van der Waals surface area contributed by atoms with Gasteiger partial charge < -0.3 is 0 Å². The smallest absolute Gasteiger partial charge is 0.0682 e. The summed E-state index contributed by atoms with van der Waals surface area (Å²) in [6, 6.07) is 5.90. The molecule has 0 radical (unpaired) electrons. The second kappa shape index (κ2) is 4.61. The fourth-order valence-electron chi connectivity index (χ4n) is 1.49. The second-order valence-electron chi connectivity index (χ2n) is 3.18. The van der Waals surface area contributed by atoms with Gasteiger partial charge in [-0.25, -0.2) is 0 Å². The molecule has 1 nitrogen and oxygen atoms in total. The lowest BCUT2D eigenvalue weighted by Gasteiger charge is -2.03. The van der Waals surface area contributed by atoms with Crippen LogP contribution < -0.4 is 0 Å².